The van der Waals surface area contributed by atoms with Crippen LogP contribution in [0.25, 0.3) is 91.7 Å². The summed E-state index contributed by atoms with van der Waals surface area (Å²) in [5.74, 6) is 0. The van der Waals surface area contributed by atoms with E-state index in [1.165, 1.54) is 69.3 Å². The van der Waals surface area contributed by atoms with Gasteiger partial charge in [-0.3, -0.25) is 0 Å². The maximum absolute atomic E-state index is 5.31. The fourth-order valence-electron chi connectivity index (χ4n) is 7.37. The summed E-state index contributed by atoms with van der Waals surface area (Å²) in [5, 5.41) is 8.79. The van der Waals surface area contributed by atoms with E-state index in [2.05, 4.69) is 162 Å². The highest BCUT2D eigenvalue weighted by molar-refractivity contribution is 7.26. The first-order valence-electron chi connectivity index (χ1n) is 15.6. The lowest BCUT2D eigenvalue weighted by atomic mass is 9.92. The molecule has 2 nitrogen and oxygen atoms in total. The first-order valence-corrected chi connectivity index (χ1v) is 16.5. The predicted molar refractivity (Wildman–Crippen MR) is 197 cm³/mol. The number of rotatable bonds is 3. The molecule has 0 radical (unpaired) electrons. The highest BCUT2D eigenvalue weighted by Gasteiger charge is 2.20. The Bertz CT molecular complexity index is 2750. The number of thiophene rings is 1. The predicted octanol–water partition coefficient (Wildman–Crippen LogP) is 12.2. The Labute approximate surface area is 269 Å². The van der Waals surface area contributed by atoms with Gasteiger partial charge < -0.3 is 4.57 Å². The van der Waals surface area contributed by atoms with Gasteiger partial charge in [0.15, 0.2) is 0 Å². The second-order valence-electron chi connectivity index (χ2n) is 11.9. The average Bonchev–Trinajstić information content (AvgIpc) is 3.68. The summed E-state index contributed by atoms with van der Waals surface area (Å²) >= 11 is 1.89. The zero-order valence-electron chi connectivity index (χ0n) is 24.8. The van der Waals surface area contributed by atoms with Crippen LogP contribution in [0.5, 0.6) is 0 Å². The van der Waals surface area contributed by atoms with E-state index < -0.39 is 0 Å². The third-order valence-electron chi connectivity index (χ3n) is 9.35. The summed E-state index contributed by atoms with van der Waals surface area (Å²) in [4.78, 5) is 5.31. The quantitative estimate of drug-likeness (QED) is 0.184. The van der Waals surface area contributed by atoms with Gasteiger partial charge in [0, 0.05) is 63.9 Å². The van der Waals surface area contributed by atoms with Crippen LogP contribution in [-0.4, -0.2) is 9.55 Å². The van der Waals surface area contributed by atoms with Crippen molar-refractivity contribution in [3.8, 4) is 28.1 Å². The molecule has 0 aliphatic heterocycles. The molecule has 10 rings (SSSR count). The van der Waals surface area contributed by atoms with Gasteiger partial charge in [0.05, 0.1) is 22.2 Å². The van der Waals surface area contributed by atoms with Gasteiger partial charge in [0.1, 0.15) is 0 Å². The fraction of sp³-hybridized carbons (Fsp3) is 0. The lowest BCUT2D eigenvalue weighted by molar-refractivity contribution is 1.18. The van der Waals surface area contributed by atoms with Crippen LogP contribution in [0.1, 0.15) is 0 Å². The van der Waals surface area contributed by atoms with Gasteiger partial charge in [0.2, 0.25) is 0 Å². The van der Waals surface area contributed by atoms with Gasteiger partial charge in [-0.25, -0.2) is 4.98 Å². The van der Waals surface area contributed by atoms with Crippen molar-refractivity contribution in [1.82, 2.24) is 9.55 Å². The molecule has 3 aromatic heterocycles. The molecule has 0 amide bonds. The highest BCUT2D eigenvalue weighted by atomic mass is 32.1. The van der Waals surface area contributed by atoms with E-state index in [1.54, 1.807) is 0 Å². The van der Waals surface area contributed by atoms with Crippen molar-refractivity contribution in [2.24, 2.45) is 0 Å². The summed E-state index contributed by atoms with van der Waals surface area (Å²) in [7, 11) is 0. The van der Waals surface area contributed by atoms with Crippen molar-refractivity contribution < 1.29 is 0 Å². The Hall–Kier alpha value is -5.77. The molecule has 0 aliphatic carbocycles. The van der Waals surface area contributed by atoms with Crippen LogP contribution in [0.3, 0.4) is 0 Å². The fourth-order valence-corrected chi connectivity index (χ4v) is 8.62. The second-order valence-corrected chi connectivity index (χ2v) is 13.0. The van der Waals surface area contributed by atoms with E-state index in [0.717, 1.165) is 22.5 Å². The largest absolute Gasteiger partial charge is 0.309 e. The van der Waals surface area contributed by atoms with E-state index >= 15 is 0 Å². The minimum atomic E-state index is 1.02. The number of nitrogens with zero attached hydrogens (tertiary/aromatic N) is 2. The third kappa shape index (κ3) is 3.67. The number of benzene rings is 7. The van der Waals surface area contributed by atoms with Gasteiger partial charge in [-0.05, 0) is 48.0 Å². The molecule has 0 aliphatic rings. The van der Waals surface area contributed by atoms with Crippen LogP contribution < -0.4 is 0 Å². The SMILES string of the molecule is c1ccc(-c2nc3ccccc3c3c2cc(-c2cccc(-n4c5ccccc5c5ccccc54)c2)c2sc4ccccc4c23)cc1. The molecule has 0 N–H and O–H groups in total. The van der Waals surface area contributed by atoms with Crippen molar-refractivity contribution in [3.05, 3.63) is 158 Å². The van der Waals surface area contributed by atoms with Crippen molar-refractivity contribution in [2.45, 2.75) is 0 Å². The first kappa shape index (κ1) is 25.5. The third-order valence-corrected chi connectivity index (χ3v) is 10.6. The van der Waals surface area contributed by atoms with Crippen LogP contribution in [0.15, 0.2) is 158 Å². The second kappa shape index (κ2) is 9.87. The molecule has 214 valence electrons. The average molecular weight is 603 g/mol. The molecule has 3 heterocycles. The summed E-state index contributed by atoms with van der Waals surface area (Å²) < 4.78 is 5.01. The number of aromatic nitrogens is 2. The number of fused-ring (bicyclic) bond motifs is 10. The van der Waals surface area contributed by atoms with E-state index in [4.69, 9.17) is 4.98 Å². The monoisotopic (exact) mass is 602 g/mol. The van der Waals surface area contributed by atoms with Crippen LogP contribution in [0, 0.1) is 0 Å². The van der Waals surface area contributed by atoms with Gasteiger partial charge in [0.25, 0.3) is 0 Å². The van der Waals surface area contributed by atoms with Gasteiger partial charge in [-0.1, -0.05) is 115 Å². The molecule has 0 spiro atoms. The number of hydrogen-bond acceptors (Lipinski definition) is 2. The van der Waals surface area contributed by atoms with Crippen molar-refractivity contribution in [2.75, 3.05) is 0 Å². The van der Waals surface area contributed by atoms with Crippen LogP contribution in [0.4, 0.5) is 0 Å². The molecule has 3 heteroatoms. The summed E-state index contributed by atoms with van der Waals surface area (Å²) in [5.41, 5.74) is 9.19. The zero-order chi connectivity index (χ0) is 30.2. The maximum Gasteiger partial charge on any atom is 0.0788 e. The van der Waals surface area contributed by atoms with E-state index in [-0.39, 0.29) is 0 Å². The molecule has 0 saturated heterocycles. The molecule has 0 atom stereocenters. The van der Waals surface area contributed by atoms with E-state index in [0.29, 0.717) is 0 Å². The lowest BCUT2D eigenvalue weighted by Crippen LogP contribution is -1.95. The minimum Gasteiger partial charge on any atom is -0.309 e. The number of hydrogen-bond donors (Lipinski definition) is 0. The summed E-state index contributed by atoms with van der Waals surface area (Å²) in [6.45, 7) is 0. The first-order chi connectivity index (χ1) is 22.8. The molecule has 7 aromatic carbocycles. The minimum absolute atomic E-state index is 1.02. The number of para-hydroxylation sites is 3. The summed E-state index contributed by atoms with van der Waals surface area (Å²) in [6.07, 6.45) is 0. The van der Waals surface area contributed by atoms with Crippen molar-refractivity contribution >= 4 is 75.0 Å². The van der Waals surface area contributed by atoms with Crippen LogP contribution in [0.2, 0.25) is 0 Å². The smallest absolute Gasteiger partial charge is 0.0788 e. The molecular weight excluding hydrogens is 577 g/mol. The molecule has 0 fully saturated rings. The van der Waals surface area contributed by atoms with Gasteiger partial charge >= 0.3 is 0 Å². The van der Waals surface area contributed by atoms with Crippen LogP contribution >= 0.6 is 11.3 Å². The highest BCUT2D eigenvalue weighted by Crippen LogP contribution is 2.48. The molecule has 0 bridgehead atoms. The number of pyridine rings is 1. The Morgan fingerprint density at radius 3 is 1.87 bits per heavy atom. The molecular formula is C43H26N2S. The summed E-state index contributed by atoms with van der Waals surface area (Å²) in [6, 6.07) is 57.0. The molecule has 0 saturated carbocycles. The normalized spacial score (nSPS) is 11.9. The Kier molecular flexibility index (Phi) is 5.48. The standard InChI is InChI=1S/C43H26N2S/c1-2-13-27(14-3-1)42-35-26-34(43-41(33-20-7-11-24-39(33)46-43)40(35)32-19-4-8-21-36(32)44-42)28-15-12-16-29(25-28)45-37-22-9-5-17-30(37)31-18-6-10-23-38(31)45/h1-26H. The van der Waals surface area contributed by atoms with Crippen molar-refractivity contribution in [1.29, 1.82) is 0 Å². The lowest BCUT2D eigenvalue weighted by Gasteiger charge is -2.15. The zero-order valence-corrected chi connectivity index (χ0v) is 25.6. The molecule has 0 unspecified atom stereocenters. The van der Waals surface area contributed by atoms with E-state index in [1.807, 2.05) is 11.3 Å². The van der Waals surface area contributed by atoms with Gasteiger partial charge in [-0.2, -0.15) is 0 Å². The van der Waals surface area contributed by atoms with Crippen molar-refractivity contribution in [3.63, 3.8) is 0 Å². The molecule has 46 heavy (non-hydrogen) atoms. The molecule has 10 aromatic rings. The van der Waals surface area contributed by atoms with Gasteiger partial charge in [-0.15, -0.1) is 11.3 Å². The Morgan fingerprint density at radius 2 is 1.09 bits per heavy atom. The van der Waals surface area contributed by atoms with Crippen LogP contribution in [-0.2, 0) is 0 Å². The Morgan fingerprint density at radius 1 is 0.457 bits per heavy atom. The Balaban J connectivity index is 1.34. The maximum atomic E-state index is 5.31. The van der Waals surface area contributed by atoms with E-state index in [9.17, 15) is 0 Å². The topological polar surface area (TPSA) is 17.8 Å².